The van der Waals surface area contributed by atoms with E-state index in [0.717, 1.165) is 135 Å². The van der Waals surface area contributed by atoms with Crippen LogP contribution in [0.2, 0.25) is 0 Å². The van der Waals surface area contributed by atoms with Crippen molar-refractivity contribution >= 4 is 17.9 Å². The van der Waals surface area contributed by atoms with Crippen LogP contribution < -0.4 is 0 Å². The lowest BCUT2D eigenvalue weighted by Crippen LogP contribution is -2.30. The van der Waals surface area contributed by atoms with E-state index in [0.29, 0.717) is 19.3 Å². The molecule has 0 heterocycles. The molecule has 6 nitrogen and oxygen atoms in total. The second-order valence-corrected chi connectivity index (χ2v) is 19.5. The molecule has 0 saturated heterocycles. The molecule has 0 aromatic rings. The van der Waals surface area contributed by atoms with Gasteiger partial charge in [-0.15, -0.1) is 0 Å². The average molecular weight is 1010 g/mol. The summed E-state index contributed by atoms with van der Waals surface area (Å²) in [5.41, 5.74) is 0. The Bertz CT molecular complexity index is 1540. The van der Waals surface area contributed by atoms with E-state index < -0.39 is 6.10 Å². The largest absolute Gasteiger partial charge is 0.462 e. The van der Waals surface area contributed by atoms with E-state index in [1.165, 1.54) is 89.9 Å². The molecule has 1 unspecified atom stereocenters. The number of ether oxygens (including phenoxy) is 3. The third-order valence-electron chi connectivity index (χ3n) is 12.5. The van der Waals surface area contributed by atoms with Crippen molar-refractivity contribution in [1.29, 1.82) is 0 Å². The van der Waals surface area contributed by atoms with Crippen molar-refractivity contribution < 1.29 is 28.6 Å². The first-order chi connectivity index (χ1) is 36.0. The fraction of sp³-hybridized carbons (Fsp3) is 0.657. The van der Waals surface area contributed by atoms with E-state index in [2.05, 4.69) is 142 Å². The van der Waals surface area contributed by atoms with Crippen molar-refractivity contribution in [2.24, 2.45) is 0 Å². The smallest absolute Gasteiger partial charge is 0.306 e. The van der Waals surface area contributed by atoms with Crippen molar-refractivity contribution in [3.63, 3.8) is 0 Å². The highest BCUT2D eigenvalue weighted by molar-refractivity contribution is 5.71. The molecular weight excluding hydrogens is 901 g/mol. The fourth-order valence-electron chi connectivity index (χ4n) is 8.03. The second-order valence-electron chi connectivity index (χ2n) is 19.5. The van der Waals surface area contributed by atoms with Crippen LogP contribution in [0.4, 0.5) is 0 Å². The van der Waals surface area contributed by atoms with Crippen LogP contribution in [-0.4, -0.2) is 37.2 Å². The van der Waals surface area contributed by atoms with Crippen LogP contribution in [0.3, 0.4) is 0 Å². The third kappa shape index (κ3) is 58.6. The number of hydrogen-bond acceptors (Lipinski definition) is 6. The molecule has 0 radical (unpaired) electrons. The minimum atomic E-state index is -0.796. The van der Waals surface area contributed by atoms with Crippen LogP contribution in [0.1, 0.15) is 265 Å². The molecule has 414 valence electrons. The number of esters is 3. The number of rotatable bonds is 53. The molecule has 0 spiro atoms. The van der Waals surface area contributed by atoms with Crippen LogP contribution in [0.25, 0.3) is 0 Å². The molecular formula is C67H110O6. The van der Waals surface area contributed by atoms with E-state index >= 15 is 0 Å². The minimum absolute atomic E-state index is 0.0915. The highest BCUT2D eigenvalue weighted by Crippen LogP contribution is 2.15. The van der Waals surface area contributed by atoms with Gasteiger partial charge in [0.2, 0.25) is 0 Å². The molecule has 1 atom stereocenters. The first-order valence-corrected chi connectivity index (χ1v) is 30.0. The lowest BCUT2D eigenvalue weighted by atomic mass is 10.1. The van der Waals surface area contributed by atoms with Gasteiger partial charge < -0.3 is 14.2 Å². The Hall–Kier alpha value is -4.19. The first-order valence-electron chi connectivity index (χ1n) is 30.0. The van der Waals surface area contributed by atoms with Crippen molar-refractivity contribution in [2.45, 2.75) is 271 Å². The Labute approximate surface area is 450 Å². The molecule has 0 N–H and O–H groups in total. The average Bonchev–Trinajstić information content (AvgIpc) is 3.39. The number of carbonyl (C=O) groups excluding carboxylic acids is 3. The van der Waals surface area contributed by atoms with E-state index in [4.69, 9.17) is 14.2 Å². The monoisotopic (exact) mass is 1010 g/mol. The van der Waals surface area contributed by atoms with Gasteiger partial charge in [-0.2, -0.15) is 0 Å². The molecule has 73 heavy (non-hydrogen) atoms. The summed E-state index contributed by atoms with van der Waals surface area (Å²) in [6.45, 7) is 6.37. The zero-order chi connectivity index (χ0) is 52.9. The summed E-state index contributed by atoms with van der Waals surface area (Å²) in [5.74, 6) is -0.929. The van der Waals surface area contributed by atoms with Crippen LogP contribution in [-0.2, 0) is 28.6 Å². The summed E-state index contributed by atoms with van der Waals surface area (Å²) in [7, 11) is 0. The van der Waals surface area contributed by atoms with Crippen molar-refractivity contribution in [3.05, 3.63) is 122 Å². The number of allylic oxidation sites excluding steroid dienone is 20. The summed E-state index contributed by atoms with van der Waals surface area (Å²) in [6, 6.07) is 0. The van der Waals surface area contributed by atoms with E-state index in [1.54, 1.807) is 0 Å². The maximum absolute atomic E-state index is 12.8. The molecule has 0 bridgehead atoms. The Morgan fingerprint density at radius 3 is 0.849 bits per heavy atom. The Morgan fingerprint density at radius 1 is 0.288 bits per heavy atom. The summed E-state index contributed by atoms with van der Waals surface area (Å²) in [6.07, 6.45) is 83.5. The molecule has 0 rings (SSSR count). The highest BCUT2D eigenvalue weighted by Gasteiger charge is 2.19. The molecule has 0 aromatic carbocycles. The normalized spacial score (nSPS) is 13.0. The van der Waals surface area contributed by atoms with E-state index in [1.807, 2.05) is 0 Å². The van der Waals surface area contributed by atoms with Crippen molar-refractivity contribution in [1.82, 2.24) is 0 Å². The van der Waals surface area contributed by atoms with Gasteiger partial charge in [-0.3, -0.25) is 14.4 Å². The third-order valence-corrected chi connectivity index (χ3v) is 12.5. The van der Waals surface area contributed by atoms with Gasteiger partial charge in [0.15, 0.2) is 6.10 Å². The molecule has 0 aliphatic rings. The highest BCUT2D eigenvalue weighted by atomic mass is 16.6. The molecule has 0 amide bonds. The SMILES string of the molecule is CC/C=C\C/C=C\C/C=C\C/C=C\C/C=C\C/C=C\C/C=C\CCCCCCCCCCCC(=O)OCC(COC(=O)CCCCCCCCCCCCC)OC(=O)CCCCC/C=C\C/C=C\C/C=C\CC. The van der Waals surface area contributed by atoms with Crippen LogP contribution >= 0.6 is 0 Å². The number of hydrogen-bond donors (Lipinski definition) is 0. The van der Waals surface area contributed by atoms with Gasteiger partial charge in [0, 0.05) is 19.3 Å². The predicted molar refractivity (Wildman–Crippen MR) is 316 cm³/mol. The Morgan fingerprint density at radius 2 is 0.534 bits per heavy atom. The van der Waals surface area contributed by atoms with Crippen LogP contribution in [0.15, 0.2) is 122 Å². The molecule has 0 aromatic heterocycles. The lowest BCUT2D eigenvalue weighted by Gasteiger charge is -2.18. The maximum Gasteiger partial charge on any atom is 0.306 e. The lowest BCUT2D eigenvalue weighted by molar-refractivity contribution is -0.167. The zero-order valence-corrected chi connectivity index (χ0v) is 47.4. The van der Waals surface area contributed by atoms with Gasteiger partial charge in [-0.1, -0.05) is 258 Å². The van der Waals surface area contributed by atoms with E-state index in [9.17, 15) is 14.4 Å². The number of unbranched alkanes of at least 4 members (excludes halogenated alkanes) is 22. The second kappa shape index (κ2) is 60.4. The van der Waals surface area contributed by atoms with Crippen LogP contribution in [0, 0.1) is 0 Å². The van der Waals surface area contributed by atoms with Gasteiger partial charge in [0.1, 0.15) is 13.2 Å². The van der Waals surface area contributed by atoms with E-state index in [-0.39, 0.29) is 31.1 Å². The molecule has 0 aliphatic carbocycles. The summed E-state index contributed by atoms with van der Waals surface area (Å²) >= 11 is 0. The molecule has 0 fully saturated rings. The number of carbonyl (C=O) groups is 3. The van der Waals surface area contributed by atoms with Crippen molar-refractivity contribution in [3.8, 4) is 0 Å². The van der Waals surface area contributed by atoms with Crippen molar-refractivity contribution in [2.75, 3.05) is 13.2 Å². The zero-order valence-electron chi connectivity index (χ0n) is 47.4. The van der Waals surface area contributed by atoms with Gasteiger partial charge in [-0.05, 0) is 109 Å². The maximum atomic E-state index is 12.8. The Kier molecular flexibility index (Phi) is 56.9. The summed E-state index contributed by atoms with van der Waals surface area (Å²) < 4.78 is 16.8. The molecule has 0 aliphatic heterocycles. The van der Waals surface area contributed by atoms with Gasteiger partial charge >= 0.3 is 17.9 Å². The quantitative estimate of drug-likeness (QED) is 0.0261. The fourth-order valence-corrected chi connectivity index (χ4v) is 8.03. The Balaban J connectivity index is 4.24. The minimum Gasteiger partial charge on any atom is -0.462 e. The summed E-state index contributed by atoms with van der Waals surface area (Å²) in [5, 5.41) is 0. The topological polar surface area (TPSA) is 78.9 Å². The predicted octanol–water partition coefficient (Wildman–Crippen LogP) is 20.4. The molecule has 0 saturated carbocycles. The van der Waals surface area contributed by atoms with Gasteiger partial charge in [0.05, 0.1) is 0 Å². The van der Waals surface area contributed by atoms with Gasteiger partial charge in [0.25, 0.3) is 0 Å². The summed E-state index contributed by atoms with van der Waals surface area (Å²) in [4.78, 5) is 38.1. The molecule has 6 heteroatoms. The first kappa shape index (κ1) is 68.8. The van der Waals surface area contributed by atoms with Gasteiger partial charge in [-0.25, -0.2) is 0 Å². The standard InChI is InChI=1S/C67H110O6/c1-4-7-10-13-16-19-22-24-25-26-27-28-29-30-31-32-33-34-35-36-37-38-39-40-41-43-45-48-51-54-57-60-66(69)72-63-64(62-71-65(68)59-56-53-50-47-44-21-18-15-12-9-6-3)73-67(70)61-58-55-52-49-46-42-23-20-17-14-11-8-5-2/h7-8,10-11,16-17,19-20,24-25,27-28,30-31,33-34,36-37,42,46,64H,4-6,9,12-15,18,21-23,26,29,32,35,38-41,43-45,47-63H2,1-3H3/b10-7-,11-8-,19-16-,20-17-,25-24-,28-27-,31-30-,34-33-,37-36-,46-42-. The van der Waals surface area contributed by atoms with Crippen LogP contribution in [0.5, 0.6) is 0 Å².